The van der Waals surface area contributed by atoms with Crippen LogP contribution < -0.4 is 21.9 Å². The zero-order valence-electron chi connectivity index (χ0n) is 16.4. The van der Waals surface area contributed by atoms with Crippen LogP contribution >= 0.6 is 11.8 Å². The van der Waals surface area contributed by atoms with Gasteiger partial charge in [-0.05, 0) is 42.8 Å². The minimum absolute atomic E-state index is 0.100. The minimum Gasteiger partial charge on any atom is -0.355 e. The summed E-state index contributed by atoms with van der Waals surface area (Å²) in [6.07, 6.45) is 3.44. The Hall–Kier alpha value is -3.03. The van der Waals surface area contributed by atoms with Crippen LogP contribution in [0.3, 0.4) is 0 Å². The molecule has 0 aliphatic carbocycles. The zero-order valence-corrected chi connectivity index (χ0v) is 17.2. The Morgan fingerprint density at radius 2 is 1.83 bits per heavy atom. The number of allylic oxidation sites excluding steroid dienone is 1. The average Bonchev–Trinajstić information content (AvgIpc) is 2.72. The largest absolute Gasteiger partial charge is 0.355 e. The second-order valence-electron chi connectivity index (χ2n) is 6.60. The summed E-state index contributed by atoms with van der Waals surface area (Å²) in [5.74, 6) is 5.01. The first-order valence-corrected chi connectivity index (χ1v) is 10.2. The fraction of sp³-hybridized carbons (Fsp3) is 0.182. The van der Waals surface area contributed by atoms with Crippen LogP contribution in [0.1, 0.15) is 32.3 Å². The van der Waals surface area contributed by atoms with E-state index in [-0.39, 0.29) is 11.8 Å². The van der Waals surface area contributed by atoms with E-state index in [2.05, 4.69) is 16.1 Å². The molecular formula is C22H24N4O2S. The number of hydrazine groups is 1. The lowest BCUT2D eigenvalue weighted by Crippen LogP contribution is -2.32. The summed E-state index contributed by atoms with van der Waals surface area (Å²) in [5, 5.41) is 6.14. The number of fused-ring (bicyclic) bond motifs is 1. The van der Waals surface area contributed by atoms with Gasteiger partial charge in [0, 0.05) is 44.9 Å². The number of benzene rings is 2. The number of hydrogen-bond acceptors (Lipinski definition) is 5. The lowest BCUT2D eigenvalue weighted by Gasteiger charge is -2.23. The molecule has 0 saturated heterocycles. The number of thioether (sulfide) groups is 1. The Morgan fingerprint density at radius 3 is 2.48 bits per heavy atom. The normalized spacial score (nSPS) is 14.2. The van der Waals surface area contributed by atoms with Crippen molar-refractivity contribution in [1.29, 1.82) is 0 Å². The zero-order chi connectivity index (χ0) is 20.8. The predicted molar refractivity (Wildman–Crippen MR) is 119 cm³/mol. The van der Waals surface area contributed by atoms with Crippen molar-refractivity contribution in [2.75, 3.05) is 10.6 Å². The van der Waals surface area contributed by atoms with Crippen molar-refractivity contribution in [2.45, 2.75) is 31.6 Å². The van der Waals surface area contributed by atoms with E-state index < -0.39 is 0 Å². The quantitative estimate of drug-likeness (QED) is 0.248. The fourth-order valence-corrected chi connectivity index (χ4v) is 4.08. The van der Waals surface area contributed by atoms with E-state index in [9.17, 15) is 9.59 Å². The Balaban J connectivity index is 1.98. The summed E-state index contributed by atoms with van der Waals surface area (Å²) in [5.41, 5.74) is 6.40. The lowest BCUT2D eigenvalue weighted by molar-refractivity contribution is -0.117. The molecule has 0 bridgehead atoms. The van der Waals surface area contributed by atoms with E-state index in [0.717, 1.165) is 38.9 Å². The fourth-order valence-electron chi connectivity index (χ4n) is 3.09. The van der Waals surface area contributed by atoms with Crippen LogP contribution in [-0.4, -0.2) is 11.8 Å². The maximum atomic E-state index is 12.3. The highest BCUT2D eigenvalue weighted by Gasteiger charge is 2.20. The van der Waals surface area contributed by atoms with Crippen LogP contribution in [0.2, 0.25) is 0 Å². The van der Waals surface area contributed by atoms with Crippen molar-refractivity contribution in [2.24, 2.45) is 5.84 Å². The molecule has 0 fully saturated rings. The molecule has 0 atom stereocenters. The minimum atomic E-state index is -0.283. The van der Waals surface area contributed by atoms with Crippen molar-refractivity contribution in [3.05, 3.63) is 71.4 Å². The highest BCUT2D eigenvalue weighted by Crippen LogP contribution is 2.42. The van der Waals surface area contributed by atoms with Crippen molar-refractivity contribution >= 4 is 39.9 Å². The molecule has 2 amide bonds. The number of rotatable bonds is 6. The molecule has 150 valence electrons. The third-order valence-electron chi connectivity index (χ3n) is 4.37. The molecule has 1 heterocycles. The summed E-state index contributed by atoms with van der Waals surface area (Å²) >= 11 is 1.60. The van der Waals surface area contributed by atoms with Gasteiger partial charge in [-0.2, -0.15) is 0 Å². The molecule has 1 aliphatic rings. The second-order valence-corrected chi connectivity index (χ2v) is 7.72. The molecule has 0 radical (unpaired) electrons. The van der Waals surface area contributed by atoms with Crippen molar-refractivity contribution in [3.63, 3.8) is 0 Å². The molecule has 2 aromatic rings. The van der Waals surface area contributed by atoms with E-state index in [1.807, 2.05) is 61.5 Å². The molecular weight excluding hydrogens is 384 g/mol. The third-order valence-corrected chi connectivity index (χ3v) is 5.44. The predicted octanol–water partition coefficient (Wildman–Crippen LogP) is 4.25. The first-order chi connectivity index (χ1) is 14.0. The van der Waals surface area contributed by atoms with Gasteiger partial charge in [0.05, 0.1) is 0 Å². The van der Waals surface area contributed by atoms with Gasteiger partial charge in [-0.15, -0.1) is 0 Å². The summed E-state index contributed by atoms with van der Waals surface area (Å²) in [6.45, 7) is 3.51. The van der Waals surface area contributed by atoms with E-state index in [4.69, 9.17) is 5.84 Å². The second kappa shape index (κ2) is 9.45. The van der Waals surface area contributed by atoms with Gasteiger partial charge in [0.1, 0.15) is 0 Å². The number of carbonyl (C=O) groups is 2. The summed E-state index contributed by atoms with van der Waals surface area (Å²) in [6, 6.07) is 15.7. The summed E-state index contributed by atoms with van der Waals surface area (Å²) < 4.78 is 0. The van der Waals surface area contributed by atoms with Gasteiger partial charge in [-0.25, -0.2) is 5.84 Å². The molecule has 5 N–H and O–H groups in total. The molecule has 0 unspecified atom stereocenters. The number of carbonyl (C=O) groups excluding carboxylic acids is 2. The molecule has 3 rings (SSSR count). The Labute approximate surface area is 174 Å². The van der Waals surface area contributed by atoms with E-state index in [1.165, 1.54) is 6.92 Å². The Morgan fingerprint density at radius 1 is 1.10 bits per heavy atom. The van der Waals surface area contributed by atoms with Crippen LogP contribution in [0.25, 0.3) is 4.91 Å². The molecule has 2 aromatic carbocycles. The summed E-state index contributed by atoms with van der Waals surface area (Å²) in [4.78, 5) is 25.6. The standard InChI is InChI=1S/C22H24N4O2S/c1-3-6-18(22(28)26-23)20-13-21(17-7-4-5-8-19(17)25-20)29-16-11-9-15(10-12-16)24-14(2)27/h4-5,7-13,25H,3,6,23H2,1-2H3,(H,24,27)(H,26,28)/b20-18-. The van der Waals surface area contributed by atoms with Crippen LogP contribution in [0, 0.1) is 0 Å². The van der Waals surface area contributed by atoms with Crippen molar-refractivity contribution < 1.29 is 9.59 Å². The SMILES string of the molecule is CCC/C(C(=O)NN)=C1\C=C(Sc2ccc(NC(C)=O)cc2)c2ccccc2N1. The molecule has 29 heavy (non-hydrogen) atoms. The third kappa shape index (κ3) is 5.07. The van der Waals surface area contributed by atoms with Gasteiger partial charge in [0.25, 0.3) is 5.91 Å². The van der Waals surface area contributed by atoms with Gasteiger partial charge < -0.3 is 10.6 Å². The monoisotopic (exact) mass is 408 g/mol. The van der Waals surface area contributed by atoms with Gasteiger partial charge in [-0.1, -0.05) is 43.3 Å². The molecule has 0 aromatic heterocycles. The maximum Gasteiger partial charge on any atom is 0.263 e. The van der Waals surface area contributed by atoms with Crippen LogP contribution in [-0.2, 0) is 9.59 Å². The lowest BCUT2D eigenvalue weighted by atomic mass is 10.0. The molecule has 7 heteroatoms. The summed E-state index contributed by atoms with van der Waals surface area (Å²) in [7, 11) is 0. The number of para-hydroxylation sites is 1. The smallest absolute Gasteiger partial charge is 0.263 e. The average molecular weight is 409 g/mol. The number of nitrogens with two attached hydrogens (primary N) is 1. The van der Waals surface area contributed by atoms with Gasteiger partial charge in [0.2, 0.25) is 5.91 Å². The van der Waals surface area contributed by atoms with E-state index in [1.54, 1.807) is 11.8 Å². The molecule has 1 aliphatic heterocycles. The highest BCUT2D eigenvalue weighted by molar-refractivity contribution is 8.08. The molecule has 6 nitrogen and oxygen atoms in total. The van der Waals surface area contributed by atoms with E-state index in [0.29, 0.717) is 12.0 Å². The van der Waals surface area contributed by atoms with Gasteiger partial charge >= 0.3 is 0 Å². The number of nitrogens with one attached hydrogen (secondary N) is 3. The van der Waals surface area contributed by atoms with Crippen molar-refractivity contribution in [3.8, 4) is 0 Å². The number of amides is 2. The molecule has 0 spiro atoms. The van der Waals surface area contributed by atoms with Gasteiger partial charge in [-0.3, -0.25) is 15.0 Å². The first-order valence-electron chi connectivity index (χ1n) is 9.39. The first kappa shape index (κ1) is 20.7. The topological polar surface area (TPSA) is 96.2 Å². The number of anilines is 2. The van der Waals surface area contributed by atoms with Gasteiger partial charge in [0.15, 0.2) is 0 Å². The Bertz CT molecular complexity index is 981. The number of hydrogen-bond donors (Lipinski definition) is 4. The van der Waals surface area contributed by atoms with Crippen LogP contribution in [0.15, 0.2) is 70.8 Å². The van der Waals surface area contributed by atoms with Crippen LogP contribution in [0.4, 0.5) is 11.4 Å². The highest BCUT2D eigenvalue weighted by atomic mass is 32.2. The molecule has 0 saturated carbocycles. The van der Waals surface area contributed by atoms with Crippen molar-refractivity contribution in [1.82, 2.24) is 5.43 Å². The van der Waals surface area contributed by atoms with E-state index >= 15 is 0 Å². The Kier molecular flexibility index (Phi) is 6.74. The maximum absolute atomic E-state index is 12.3. The van der Waals surface area contributed by atoms with Crippen LogP contribution in [0.5, 0.6) is 0 Å².